The second kappa shape index (κ2) is 4.17. The molecule has 15 heavy (non-hydrogen) atoms. The molecule has 0 bridgehead atoms. The third-order valence-corrected chi connectivity index (χ3v) is 2.23. The highest BCUT2D eigenvalue weighted by Crippen LogP contribution is 2.29. The molecule has 1 nitrogen and oxygen atoms in total. The van der Waals surface area contributed by atoms with Gasteiger partial charge in [0.1, 0.15) is 0 Å². The second-order valence-corrected chi connectivity index (χ2v) is 5.40. The normalized spacial score (nSPS) is 10.9. The van der Waals surface area contributed by atoms with Gasteiger partial charge in [-0.05, 0) is 13.1 Å². The Hall–Kier alpha value is -1.11. The largest absolute Gasteiger partial charge is 0.543 e. The zero-order valence-corrected chi connectivity index (χ0v) is 9.03. The highest BCUT2D eigenvalue weighted by Gasteiger charge is 2.27. The van der Waals surface area contributed by atoms with Crippen molar-refractivity contribution in [3.63, 3.8) is 0 Å². The molecule has 0 spiro atoms. The molecule has 0 radical (unpaired) electrons. The second-order valence-electron chi connectivity index (χ2n) is 3.07. The Morgan fingerprint density at radius 2 is 1.07 bits per heavy atom. The lowest BCUT2D eigenvalue weighted by Gasteiger charge is -2.12. The molecule has 0 heterocycles. The van der Waals surface area contributed by atoms with Gasteiger partial charge in [-0.1, -0.05) is 0 Å². The third kappa shape index (κ3) is 2.11. The average molecular weight is 242 g/mol. The van der Waals surface area contributed by atoms with Gasteiger partial charge >= 0.3 is 0 Å². The van der Waals surface area contributed by atoms with Gasteiger partial charge in [-0.2, -0.15) is 8.78 Å². The van der Waals surface area contributed by atoms with Crippen molar-refractivity contribution < 1.29 is 26.4 Å². The quantitative estimate of drug-likeness (QED) is 0.335. The van der Waals surface area contributed by atoms with Gasteiger partial charge in [0.15, 0.2) is 5.75 Å². The Morgan fingerprint density at radius 1 is 0.733 bits per heavy atom. The van der Waals surface area contributed by atoms with Crippen molar-refractivity contribution in [1.82, 2.24) is 0 Å². The third-order valence-electron chi connectivity index (χ3n) is 1.52. The fraction of sp³-hybridized carbons (Fsp3) is 0.250. The van der Waals surface area contributed by atoms with Crippen LogP contribution in [0.2, 0.25) is 13.1 Å². The van der Waals surface area contributed by atoms with E-state index in [1.807, 2.05) is 0 Å². The van der Waals surface area contributed by atoms with E-state index in [1.54, 1.807) is 0 Å². The Labute approximate surface area is 84.2 Å². The fourth-order valence-corrected chi connectivity index (χ4v) is 1.60. The minimum atomic E-state index is -2.18. The van der Waals surface area contributed by atoms with Crippen molar-refractivity contribution in [2.24, 2.45) is 0 Å². The van der Waals surface area contributed by atoms with E-state index in [9.17, 15) is 22.0 Å². The van der Waals surface area contributed by atoms with E-state index in [0.29, 0.717) is 0 Å². The van der Waals surface area contributed by atoms with Crippen LogP contribution in [0.25, 0.3) is 0 Å². The summed E-state index contributed by atoms with van der Waals surface area (Å²) in [6.45, 7) is 3.08. The van der Waals surface area contributed by atoms with Crippen LogP contribution in [0.15, 0.2) is 0 Å². The summed E-state index contributed by atoms with van der Waals surface area (Å²) in [5.74, 6) is -11.2. The first-order valence-corrected chi connectivity index (χ1v) is 6.82. The molecule has 0 unspecified atom stereocenters. The molecule has 1 aromatic carbocycles. The van der Waals surface area contributed by atoms with Crippen LogP contribution in [-0.4, -0.2) is 9.04 Å². The standard InChI is InChI=1S/C8H7F5OSi/c1-15(2)14-8-6(12)4(10)3(9)5(11)7(8)13/h15H,1-2H3. The maximum Gasteiger partial charge on any atom is 0.229 e. The van der Waals surface area contributed by atoms with Gasteiger partial charge in [-0.25, -0.2) is 13.2 Å². The van der Waals surface area contributed by atoms with E-state index in [4.69, 9.17) is 0 Å². The SMILES string of the molecule is C[SiH](C)Oc1c(F)c(F)c(F)c(F)c1F. The highest BCUT2D eigenvalue weighted by atomic mass is 28.3. The molecule has 0 saturated heterocycles. The molecule has 84 valence electrons. The topological polar surface area (TPSA) is 9.23 Å². The summed E-state index contributed by atoms with van der Waals surface area (Å²) >= 11 is 0. The Kier molecular flexibility index (Phi) is 3.33. The van der Waals surface area contributed by atoms with E-state index in [1.165, 1.54) is 13.1 Å². The predicted molar refractivity (Wildman–Crippen MR) is 45.7 cm³/mol. The van der Waals surface area contributed by atoms with E-state index < -0.39 is 43.9 Å². The van der Waals surface area contributed by atoms with E-state index in [0.717, 1.165) is 0 Å². The first kappa shape index (κ1) is 12.0. The van der Waals surface area contributed by atoms with Crippen LogP contribution in [0.1, 0.15) is 0 Å². The van der Waals surface area contributed by atoms with Crippen LogP contribution < -0.4 is 4.43 Å². The van der Waals surface area contributed by atoms with E-state index in [2.05, 4.69) is 4.43 Å². The fourth-order valence-electron chi connectivity index (χ4n) is 0.924. The summed E-state index contributed by atoms with van der Waals surface area (Å²) in [6.07, 6.45) is 0. The summed E-state index contributed by atoms with van der Waals surface area (Å²) in [5.41, 5.74) is 0. The van der Waals surface area contributed by atoms with Crippen molar-refractivity contribution in [2.45, 2.75) is 13.1 Å². The van der Waals surface area contributed by atoms with Crippen LogP contribution in [0.4, 0.5) is 22.0 Å². The van der Waals surface area contributed by atoms with E-state index in [-0.39, 0.29) is 0 Å². The first-order chi connectivity index (χ1) is 6.86. The summed E-state index contributed by atoms with van der Waals surface area (Å²) in [5, 5.41) is 0. The minimum absolute atomic E-state index is 1.19. The molecule has 0 aliphatic heterocycles. The molecular formula is C8H7F5OSi. The lowest BCUT2D eigenvalue weighted by Crippen LogP contribution is -2.16. The van der Waals surface area contributed by atoms with E-state index >= 15 is 0 Å². The summed E-state index contributed by atoms with van der Waals surface area (Å²) in [4.78, 5) is 0. The highest BCUT2D eigenvalue weighted by molar-refractivity contribution is 6.49. The molecule has 0 saturated carbocycles. The van der Waals surface area contributed by atoms with Gasteiger partial charge in [-0.3, -0.25) is 0 Å². The lowest BCUT2D eigenvalue weighted by atomic mass is 10.3. The van der Waals surface area contributed by atoms with Gasteiger partial charge in [-0.15, -0.1) is 0 Å². The molecule has 0 amide bonds. The monoisotopic (exact) mass is 242 g/mol. The van der Waals surface area contributed by atoms with Crippen molar-refractivity contribution in [1.29, 1.82) is 0 Å². The Morgan fingerprint density at radius 3 is 1.40 bits per heavy atom. The Bertz CT molecular complexity index is 364. The first-order valence-electron chi connectivity index (χ1n) is 4.04. The number of benzene rings is 1. The zero-order chi connectivity index (χ0) is 11.7. The van der Waals surface area contributed by atoms with Crippen LogP contribution in [0.3, 0.4) is 0 Å². The maximum absolute atomic E-state index is 12.9. The average Bonchev–Trinajstić information content (AvgIpc) is 2.18. The molecule has 1 rings (SSSR count). The van der Waals surface area contributed by atoms with Crippen molar-refractivity contribution >= 4 is 9.04 Å². The number of halogens is 5. The molecule has 0 atom stereocenters. The molecule has 0 aliphatic carbocycles. The van der Waals surface area contributed by atoms with Crippen LogP contribution in [-0.2, 0) is 0 Å². The molecule has 0 N–H and O–H groups in total. The molecule has 1 aromatic rings. The molecule has 0 fully saturated rings. The van der Waals surface area contributed by atoms with Crippen molar-refractivity contribution in [2.75, 3.05) is 0 Å². The summed E-state index contributed by atoms with van der Waals surface area (Å²) < 4.78 is 68.3. The zero-order valence-electron chi connectivity index (χ0n) is 7.88. The molecule has 0 aromatic heterocycles. The molecule has 0 aliphatic rings. The van der Waals surface area contributed by atoms with Gasteiger partial charge in [0.05, 0.1) is 0 Å². The van der Waals surface area contributed by atoms with Gasteiger partial charge in [0.2, 0.25) is 38.1 Å². The Balaban J connectivity index is 3.39. The summed E-state index contributed by atoms with van der Waals surface area (Å²) in [7, 11) is -1.95. The smallest absolute Gasteiger partial charge is 0.229 e. The van der Waals surface area contributed by atoms with Gasteiger partial charge in [0, 0.05) is 0 Å². The van der Waals surface area contributed by atoms with Crippen LogP contribution in [0.5, 0.6) is 5.75 Å². The van der Waals surface area contributed by atoms with Crippen LogP contribution in [0, 0.1) is 29.1 Å². The van der Waals surface area contributed by atoms with Crippen molar-refractivity contribution in [3.05, 3.63) is 29.1 Å². The maximum atomic E-state index is 12.9. The number of rotatable bonds is 2. The van der Waals surface area contributed by atoms with Crippen molar-refractivity contribution in [3.8, 4) is 5.75 Å². The molecular weight excluding hydrogens is 235 g/mol. The summed E-state index contributed by atoms with van der Waals surface area (Å²) in [6, 6.07) is 0. The molecule has 7 heteroatoms. The minimum Gasteiger partial charge on any atom is -0.543 e. The van der Waals surface area contributed by atoms with Gasteiger partial charge < -0.3 is 4.43 Å². The van der Waals surface area contributed by atoms with Gasteiger partial charge in [0.25, 0.3) is 0 Å². The predicted octanol–water partition coefficient (Wildman–Crippen LogP) is 2.74. The number of hydrogen-bond donors (Lipinski definition) is 0. The lowest BCUT2D eigenvalue weighted by molar-refractivity contribution is 0.349. The van der Waals surface area contributed by atoms with Crippen LogP contribution >= 0.6 is 0 Å². The number of hydrogen-bond acceptors (Lipinski definition) is 1.